The number of nitrogens with zero attached hydrogens (tertiary/aromatic N) is 3. The lowest BCUT2D eigenvalue weighted by atomic mass is 10.5. The number of nitrogens with one attached hydrogen (secondary N) is 1. The Labute approximate surface area is 90.4 Å². The van der Waals surface area contributed by atoms with E-state index in [1.807, 2.05) is 12.3 Å². The number of carbonyl (C=O) groups excluding carboxylic acids is 1. The number of rotatable bonds is 2. The Morgan fingerprint density at radius 2 is 2.47 bits per heavy atom. The molecule has 0 aliphatic carbocycles. The van der Waals surface area contributed by atoms with Gasteiger partial charge in [0.1, 0.15) is 0 Å². The first-order chi connectivity index (χ1) is 7.20. The van der Waals surface area contributed by atoms with Crippen molar-refractivity contribution in [2.45, 2.75) is 13.8 Å². The standard InChI is InChI=1S/C9H10N4OS/c1-3-4-7(14)10-8-11-9-13(12-8)6(2)5-15-9/h3-5H,1-2H3,(H,10,12,14)/b4-3+. The summed E-state index contributed by atoms with van der Waals surface area (Å²) in [5, 5.41) is 8.69. The molecule has 0 aromatic carbocycles. The van der Waals surface area contributed by atoms with E-state index >= 15 is 0 Å². The van der Waals surface area contributed by atoms with Crippen molar-refractivity contribution in [1.29, 1.82) is 0 Å². The summed E-state index contributed by atoms with van der Waals surface area (Å²) in [6, 6.07) is 0. The summed E-state index contributed by atoms with van der Waals surface area (Å²) < 4.78 is 1.70. The SMILES string of the molecule is C/C=C/C(=O)Nc1nc2scc(C)n2n1. The highest BCUT2D eigenvalue weighted by Gasteiger charge is 2.08. The van der Waals surface area contributed by atoms with Crippen LogP contribution in [-0.4, -0.2) is 20.5 Å². The monoisotopic (exact) mass is 222 g/mol. The Balaban J connectivity index is 2.26. The number of aryl methyl sites for hydroxylation is 1. The summed E-state index contributed by atoms with van der Waals surface area (Å²) in [6.45, 7) is 3.72. The van der Waals surface area contributed by atoms with Gasteiger partial charge >= 0.3 is 0 Å². The van der Waals surface area contributed by atoms with E-state index in [1.54, 1.807) is 17.5 Å². The number of anilines is 1. The van der Waals surface area contributed by atoms with Gasteiger partial charge in [-0.1, -0.05) is 6.08 Å². The first-order valence-electron chi connectivity index (χ1n) is 4.45. The minimum Gasteiger partial charge on any atom is -0.290 e. The number of aromatic nitrogens is 3. The van der Waals surface area contributed by atoms with Crippen molar-refractivity contribution in [2.24, 2.45) is 0 Å². The van der Waals surface area contributed by atoms with E-state index in [2.05, 4.69) is 15.4 Å². The van der Waals surface area contributed by atoms with E-state index in [1.165, 1.54) is 17.4 Å². The zero-order valence-electron chi connectivity index (χ0n) is 8.39. The molecule has 0 aliphatic rings. The van der Waals surface area contributed by atoms with Gasteiger partial charge in [0.2, 0.25) is 10.9 Å². The normalized spacial score (nSPS) is 11.3. The van der Waals surface area contributed by atoms with E-state index < -0.39 is 0 Å². The van der Waals surface area contributed by atoms with Gasteiger partial charge in [-0.3, -0.25) is 10.1 Å². The highest BCUT2D eigenvalue weighted by Crippen LogP contribution is 2.14. The Kier molecular flexibility index (Phi) is 2.51. The molecular weight excluding hydrogens is 212 g/mol. The van der Waals surface area contributed by atoms with E-state index in [0.29, 0.717) is 5.95 Å². The van der Waals surface area contributed by atoms with E-state index in [0.717, 1.165) is 10.7 Å². The summed E-state index contributed by atoms with van der Waals surface area (Å²) in [5.74, 6) is 0.126. The van der Waals surface area contributed by atoms with Gasteiger partial charge in [-0.05, 0) is 19.9 Å². The molecule has 2 heterocycles. The molecule has 0 unspecified atom stereocenters. The average Bonchev–Trinajstić information content (AvgIpc) is 2.69. The first-order valence-corrected chi connectivity index (χ1v) is 5.33. The Hall–Kier alpha value is -1.69. The molecule has 0 radical (unpaired) electrons. The topological polar surface area (TPSA) is 59.3 Å². The van der Waals surface area contributed by atoms with Crippen molar-refractivity contribution >= 4 is 28.2 Å². The lowest BCUT2D eigenvalue weighted by molar-refractivity contribution is -0.111. The van der Waals surface area contributed by atoms with Crippen molar-refractivity contribution in [1.82, 2.24) is 14.6 Å². The fourth-order valence-electron chi connectivity index (χ4n) is 1.15. The van der Waals surface area contributed by atoms with Crippen LogP contribution in [0.1, 0.15) is 12.6 Å². The first kappa shape index (κ1) is 9.85. The molecule has 15 heavy (non-hydrogen) atoms. The quantitative estimate of drug-likeness (QED) is 0.785. The molecular formula is C9H10N4OS. The summed E-state index contributed by atoms with van der Waals surface area (Å²) in [7, 11) is 0. The third-order valence-electron chi connectivity index (χ3n) is 1.80. The van der Waals surface area contributed by atoms with Crippen LogP contribution >= 0.6 is 11.3 Å². The molecule has 0 atom stereocenters. The van der Waals surface area contributed by atoms with Gasteiger partial charge in [0.25, 0.3) is 5.95 Å². The lowest BCUT2D eigenvalue weighted by Crippen LogP contribution is -2.09. The molecule has 78 valence electrons. The summed E-state index contributed by atoms with van der Waals surface area (Å²) >= 11 is 1.50. The summed E-state index contributed by atoms with van der Waals surface area (Å²) in [4.78, 5) is 16.2. The van der Waals surface area contributed by atoms with Crippen molar-refractivity contribution in [3.63, 3.8) is 0 Å². The van der Waals surface area contributed by atoms with Gasteiger partial charge < -0.3 is 0 Å². The molecule has 1 N–H and O–H groups in total. The molecule has 5 nitrogen and oxygen atoms in total. The summed E-state index contributed by atoms with van der Waals surface area (Å²) in [6.07, 6.45) is 3.10. The molecule has 0 fully saturated rings. The number of amides is 1. The Morgan fingerprint density at radius 1 is 1.67 bits per heavy atom. The highest BCUT2D eigenvalue weighted by atomic mass is 32.1. The van der Waals surface area contributed by atoms with Crippen molar-refractivity contribution in [2.75, 3.05) is 5.32 Å². The van der Waals surface area contributed by atoms with E-state index in [-0.39, 0.29) is 5.91 Å². The van der Waals surface area contributed by atoms with Gasteiger partial charge in [0.15, 0.2) is 0 Å². The smallest absolute Gasteiger partial charge is 0.250 e. The number of hydrogen-bond donors (Lipinski definition) is 1. The number of fused-ring (bicyclic) bond motifs is 1. The molecule has 0 saturated carbocycles. The van der Waals surface area contributed by atoms with Crippen LogP contribution in [0.4, 0.5) is 5.95 Å². The van der Waals surface area contributed by atoms with Crippen LogP contribution in [0.5, 0.6) is 0 Å². The molecule has 2 aromatic heterocycles. The van der Waals surface area contributed by atoms with Crippen LogP contribution in [-0.2, 0) is 4.79 Å². The van der Waals surface area contributed by atoms with Crippen molar-refractivity contribution < 1.29 is 4.79 Å². The molecule has 2 rings (SSSR count). The maximum atomic E-state index is 11.2. The van der Waals surface area contributed by atoms with Gasteiger partial charge in [0.05, 0.1) is 5.69 Å². The molecule has 1 amide bonds. The number of thiazole rings is 1. The summed E-state index contributed by atoms with van der Waals surface area (Å²) in [5.41, 5.74) is 1.01. The second-order valence-electron chi connectivity index (χ2n) is 3.00. The molecule has 0 aliphatic heterocycles. The van der Waals surface area contributed by atoms with Gasteiger partial charge in [-0.15, -0.1) is 16.4 Å². The minimum absolute atomic E-state index is 0.214. The molecule has 0 saturated heterocycles. The van der Waals surface area contributed by atoms with Crippen LogP contribution < -0.4 is 5.32 Å². The molecule has 6 heteroatoms. The Morgan fingerprint density at radius 3 is 3.13 bits per heavy atom. The van der Waals surface area contributed by atoms with Crippen molar-refractivity contribution in [3.05, 3.63) is 23.2 Å². The third kappa shape index (κ3) is 1.89. The Bertz CT molecular complexity index is 525. The van der Waals surface area contributed by atoms with E-state index in [4.69, 9.17) is 0 Å². The molecule has 2 aromatic rings. The third-order valence-corrected chi connectivity index (χ3v) is 2.73. The van der Waals surface area contributed by atoms with E-state index in [9.17, 15) is 4.79 Å². The predicted octanol–water partition coefficient (Wildman–Crippen LogP) is 1.61. The highest BCUT2D eigenvalue weighted by molar-refractivity contribution is 7.15. The lowest BCUT2D eigenvalue weighted by Gasteiger charge is -1.92. The fourth-order valence-corrected chi connectivity index (χ4v) is 1.95. The fraction of sp³-hybridized carbons (Fsp3) is 0.222. The van der Waals surface area contributed by atoms with Gasteiger partial charge in [0, 0.05) is 5.38 Å². The molecule has 0 bridgehead atoms. The van der Waals surface area contributed by atoms with Crippen LogP contribution in [0.3, 0.4) is 0 Å². The number of hydrogen-bond acceptors (Lipinski definition) is 4. The second kappa shape index (κ2) is 3.82. The maximum absolute atomic E-state index is 11.2. The van der Waals surface area contributed by atoms with Crippen LogP contribution in [0, 0.1) is 6.92 Å². The van der Waals surface area contributed by atoms with Gasteiger partial charge in [-0.2, -0.15) is 4.98 Å². The largest absolute Gasteiger partial charge is 0.290 e. The number of allylic oxidation sites excluding steroid dienone is 1. The second-order valence-corrected chi connectivity index (χ2v) is 3.83. The van der Waals surface area contributed by atoms with Crippen LogP contribution in [0.15, 0.2) is 17.5 Å². The minimum atomic E-state index is -0.214. The van der Waals surface area contributed by atoms with Crippen molar-refractivity contribution in [3.8, 4) is 0 Å². The maximum Gasteiger partial charge on any atom is 0.250 e. The number of carbonyl (C=O) groups is 1. The molecule has 0 spiro atoms. The zero-order valence-corrected chi connectivity index (χ0v) is 9.21. The van der Waals surface area contributed by atoms with Crippen LogP contribution in [0.25, 0.3) is 4.96 Å². The predicted molar refractivity (Wildman–Crippen MR) is 59.0 cm³/mol. The van der Waals surface area contributed by atoms with Crippen LogP contribution in [0.2, 0.25) is 0 Å². The van der Waals surface area contributed by atoms with Gasteiger partial charge in [-0.25, -0.2) is 4.52 Å². The average molecular weight is 222 g/mol. The zero-order chi connectivity index (χ0) is 10.8.